The van der Waals surface area contributed by atoms with Crippen LogP contribution in [0.2, 0.25) is 0 Å². The van der Waals surface area contributed by atoms with E-state index in [1.54, 1.807) is 0 Å². The van der Waals surface area contributed by atoms with Crippen molar-refractivity contribution in [2.75, 3.05) is 16.4 Å². The van der Waals surface area contributed by atoms with Crippen LogP contribution >= 0.6 is 23.5 Å². The van der Waals surface area contributed by atoms with Crippen molar-refractivity contribution < 1.29 is 0 Å². The molecule has 2 aliphatic rings. The molecule has 0 aromatic heterocycles. The van der Waals surface area contributed by atoms with Gasteiger partial charge in [-0.15, -0.1) is 23.5 Å². The Bertz CT molecular complexity index is 950. The lowest BCUT2D eigenvalue weighted by Gasteiger charge is -2.36. The van der Waals surface area contributed by atoms with Gasteiger partial charge in [0, 0.05) is 38.1 Å². The molecule has 1 saturated heterocycles. The molecule has 1 nitrogen and oxygen atoms in total. The molecule has 5 rings (SSSR count). The molecule has 0 atom stereocenters. The second-order valence-corrected chi connectivity index (χ2v) is 9.41. The van der Waals surface area contributed by atoms with E-state index in [1.807, 2.05) is 23.5 Å². The first-order valence-electron chi connectivity index (χ1n) is 9.37. The number of rotatable bonds is 1. The Morgan fingerprint density at radius 1 is 0.704 bits per heavy atom. The minimum atomic E-state index is 0.777. The molecular formula is C24H21NS2. The highest BCUT2D eigenvalue weighted by Gasteiger charge is 2.30. The summed E-state index contributed by atoms with van der Waals surface area (Å²) >= 11 is 4.05. The molecule has 27 heavy (non-hydrogen) atoms. The van der Waals surface area contributed by atoms with Crippen molar-refractivity contribution in [2.45, 2.75) is 6.92 Å². The van der Waals surface area contributed by atoms with Crippen molar-refractivity contribution in [1.29, 1.82) is 0 Å². The van der Waals surface area contributed by atoms with E-state index >= 15 is 0 Å². The first-order valence-corrected chi connectivity index (χ1v) is 11.3. The van der Waals surface area contributed by atoms with E-state index in [2.05, 4.69) is 90.7 Å². The quantitative estimate of drug-likeness (QED) is 0.337. The second-order valence-electron chi connectivity index (χ2n) is 7.09. The number of nitrogens with zero attached hydrogens (tertiary/aromatic N) is 1. The molecule has 134 valence electrons. The van der Waals surface area contributed by atoms with Gasteiger partial charge in [-0.05, 0) is 30.2 Å². The van der Waals surface area contributed by atoms with Crippen LogP contribution in [-0.4, -0.2) is 11.5 Å². The summed E-state index contributed by atoms with van der Waals surface area (Å²) in [5.41, 5.74) is 7.83. The maximum Gasteiger partial charge on any atom is 0.0541 e. The fourth-order valence-electron chi connectivity index (χ4n) is 3.78. The van der Waals surface area contributed by atoms with Gasteiger partial charge in [-0.3, -0.25) is 0 Å². The van der Waals surface area contributed by atoms with Gasteiger partial charge in [0.15, 0.2) is 0 Å². The average molecular weight is 388 g/mol. The van der Waals surface area contributed by atoms with Crippen molar-refractivity contribution in [3.63, 3.8) is 0 Å². The van der Waals surface area contributed by atoms with Crippen LogP contribution in [0.15, 0.2) is 83.1 Å². The first-order chi connectivity index (χ1) is 13.3. The molecule has 0 radical (unpaired) electrons. The van der Waals surface area contributed by atoms with Crippen molar-refractivity contribution in [3.8, 4) is 0 Å². The van der Waals surface area contributed by atoms with E-state index in [0.29, 0.717) is 0 Å². The molecule has 0 saturated carbocycles. The Balaban J connectivity index is 1.77. The molecular weight excluding hydrogens is 366 g/mol. The summed E-state index contributed by atoms with van der Waals surface area (Å²) in [7, 11) is 0. The zero-order valence-electron chi connectivity index (χ0n) is 15.3. The third-order valence-corrected chi connectivity index (χ3v) is 8.16. The van der Waals surface area contributed by atoms with Gasteiger partial charge in [0.2, 0.25) is 0 Å². The summed E-state index contributed by atoms with van der Waals surface area (Å²) < 4.78 is 1.47. The molecule has 0 bridgehead atoms. The van der Waals surface area contributed by atoms with Gasteiger partial charge in [-0.2, -0.15) is 0 Å². The minimum absolute atomic E-state index is 0.777. The van der Waals surface area contributed by atoms with Gasteiger partial charge in [0.25, 0.3) is 0 Å². The number of para-hydroxylation sites is 3. The Hall–Kier alpha value is -2.10. The van der Waals surface area contributed by atoms with Crippen molar-refractivity contribution in [2.24, 2.45) is 5.92 Å². The van der Waals surface area contributed by atoms with E-state index < -0.39 is 0 Å². The zero-order valence-corrected chi connectivity index (χ0v) is 16.9. The lowest BCUT2D eigenvalue weighted by molar-refractivity contribution is 0.764. The largest absolute Gasteiger partial charge is 0.309 e. The molecule has 2 heterocycles. The predicted octanol–water partition coefficient (Wildman–Crippen LogP) is 7.30. The topological polar surface area (TPSA) is 3.24 Å². The number of thioether (sulfide) groups is 2. The zero-order chi connectivity index (χ0) is 18.2. The molecule has 0 unspecified atom stereocenters. The summed E-state index contributed by atoms with van der Waals surface area (Å²) in [5.74, 6) is 3.19. The summed E-state index contributed by atoms with van der Waals surface area (Å²) in [4.78, 5) is 2.40. The summed E-state index contributed by atoms with van der Waals surface area (Å²) in [6, 6.07) is 28.4. The Labute approximate surface area is 169 Å². The summed E-state index contributed by atoms with van der Waals surface area (Å²) in [5, 5.41) is 0. The van der Waals surface area contributed by atoms with Crippen LogP contribution < -0.4 is 4.90 Å². The molecule has 0 N–H and O–H groups in total. The number of anilines is 3. The van der Waals surface area contributed by atoms with Crippen LogP contribution in [0.4, 0.5) is 17.1 Å². The number of hydrogen-bond donors (Lipinski definition) is 0. The van der Waals surface area contributed by atoms with E-state index in [0.717, 1.165) is 5.92 Å². The predicted molar refractivity (Wildman–Crippen MR) is 121 cm³/mol. The molecule has 3 aromatic carbocycles. The van der Waals surface area contributed by atoms with Crippen LogP contribution in [-0.2, 0) is 0 Å². The molecule has 3 heteroatoms. The van der Waals surface area contributed by atoms with Crippen LogP contribution in [0, 0.1) is 5.92 Å². The Kier molecular flexibility index (Phi) is 4.50. The van der Waals surface area contributed by atoms with Gasteiger partial charge in [0.05, 0.1) is 11.4 Å². The van der Waals surface area contributed by atoms with Gasteiger partial charge >= 0.3 is 0 Å². The second kappa shape index (κ2) is 7.14. The highest BCUT2D eigenvalue weighted by Crippen LogP contribution is 2.53. The minimum Gasteiger partial charge on any atom is -0.309 e. The Morgan fingerprint density at radius 3 is 1.81 bits per heavy atom. The lowest BCUT2D eigenvalue weighted by atomic mass is 9.91. The van der Waals surface area contributed by atoms with Crippen LogP contribution in [0.1, 0.15) is 18.1 Å². The normalized spacial score (nSPS) is 18.9. The highest BCUT2D eigenvalue weighted by atomic mass is 32.2. The molecule has 2 aliphatic heterocycles. The average Bonchev–Trinajstić information content (AvgIpc) is 2.73. The summed E-state index contributed by atoms with van der Waals surface area (Å²) in [6.07, 6.45) is 0. The molecule has 0 spiro atoms. The highest BCUT2D eigenvalue weighted by molar-refractivity contribution is 8.23. The SMILES string of the molecule is CC1CSC(=C2c3ccccc3N(c3ccccc3)c3ccccc32)SC1. The lowest BCUT2D eigenvalue weighted by Crippen LogP contribution is -2.19. The molecule has 0 aliphatic carbocycles. The van der Waals surface area contributed by atoms with Gasteiger partial charge in [-0.1, -0.05) is 61.5 Å². The number of hydrogen-bond acceptors (Lipinski definition) is 3. The van der Waals surface area contributed by atoms with E-state index in [4.69, 9.17) is 0 Å². The van der Waals surface area contributed by atoms with Crippen LogP contribution in [0.3, 0.4) is 0 Å². The fraction of sp³-hybridized carbons (Fsp3) is 0.167. The van der Waals surface area contributed by atoms with Gasteiger partial charge in [-0.25, -0.2) is 0 Å². The van der Waals surface area contributed by atoms with Gasteiger partial charge in [0.1, 0.15) is 0 Å². The smallest absolute Gasteiger partial charge is 0.0541 e. The Morgan fingerprint density at radius 2 is 1.22 bits per heavy atom. The van der Waals surface area contributed by atoms with Crippen molar-refractivity contribution in [1.82, 2.24) is 0 Å². The fourth-order valence-corrected chi connectivity index (χ4v) is 6.51. The van der Waals surface area contributed by atoms with Crippen LogP contribution in [0.5, 0.6) is 0 Å². The number of fused-ring (bicyclic) bond motifs is 2. The standard InChI is InChI=1S/C24H21NS2/c1-17-15-26-24(27-16-17)23-19-11-5-7-13-21(19)25(18-9-3-2-4-10-18)22-14-8-6-12-20(22)23/h2-14,17H,15-16H2,1H3. The maximum absolute atomic E-state index is 2.40. The first kappa shape index (κ1) is 17.0. The third kappa shape index (κ3) is 2.99. The van der Waals surface area contributed by atoms with E-state index in [-0.39, 0.29) is 0 Å². The van der Waals surface area contributed by atoms with E-state index in [9.17, 15) is 0 Å². The van der Waals surface area contributed by atoms with Crippen LogP contribution in [0.25, 0.3) is 5.57 Å². The molecule has 1 fully saturated rings. The summed E-state index contributed by atoms with van der Waals surface area (Å²) in [6.45, 7) is 2.35. The van der Waals surface area contributed by atoms with E-state index in [1.165, 1.54) is 49.5 Å². The van der Waals surface area contributed by atoms with Gasteiger partial charge < -0.3 is 4.90 Å². The molecule has 3 aromatic rings. The number of benzene rings is 3. The van der Waals surface area contributed by atoms with Crippen molar-refractivity contribution >= 4 is 46.2 Å². The molecule has 0 amide bonds. The maximum atomic E-state index is 2.40. The monoisotopic (exact) mass is 387 g/mol. The third-order valence-electron chi connectivity index (χ3n) is 5.04. The van der Waals surface area contributed by atoms with Crippen molar-refractivity contribution in [3.05, 3.63) is 94.2 Å².